The summed E-state index contributed by atoms with van der Waals surface area (Å²) >= 11 is 1.50. The summed E-state index contributed by atoms with van der Waals surface area (Å²) in [6, 6.07) is 0.502. The van der Waals surface area contributed by atoms with Crippen LogP contribution in [-0.2, 0) is 6.42 Å². The number of rotatable bonds is 4. The van der Waals surface area contributed by atoms with Crippen LogP contribution in [0.25, 0.3) is 0 Å². The Morgan fingerprint density at radius 2 is 2.33 bits per heavy atom. The average molecular weight is 185 g/mol. The number of aryl methyl sites for hydroxylation is 1. The van der Waals surface area contributed by atoms with Crippen molar-refractivity contribution in [1.82, 2.24) is 14.7 Å². The number of nitrogens with zero attached hydrogens (tertiary/aromatic N) is 2. The predicted molar refractivity (Wildman–Crippen MR) is 51.5 cm³/mol. The van der Waals surface area contributed by atoms with Crippen molar-refractivity contribution in [3.05, 3.63) is 10.8 Å². The molecule has 1 unspecified atom stereocenters. The normalized spacial score (nSPS) is 13.2. The van der Waals surface area contributed by atoms with Crippen LogP contribution in [0, 0.1) is 6.92 Å². The largest absolute Gasteiger partial charge is 0.314 e. The fraction of sp³-hybridized carbons (Fsp3) is 0.750. The van der Waals surface area contributed by atoms with Gasteiger partial charge in [0.25, 0.3) is 0 Å². The predicted octanol–water partition coefficient (Wildman–Crippen LogP) is 1.39. The maximum absolute atomic E-state index is 4.30. The molecule has 0 fully saturated rings. The van der Waals surface area contributed by atoms with E-state index in [2.05, 4.69) is 28.5 Å². The quantitative estimate of drug-likeness (QED) is 0.770. The summed E-state index contributed by atoms with van der Waals surface area (Å²) in [7, 11) is 0. The van der Waals surface area contributed by atoms with E-state index in [9.17, 15) is 0 Å². The van der Waals surface area contributed by atoms with Gasteiger partial charge in [0, 0.05) is 12.5 Å². The second-order valence-corrected chi connectivity index (χ2v) is 3.73. The first-order valence-corrected chi connectivity index (χ1v) is 5.02. The minimum Gasteiger partial charge on any atom is -0.314 e. The van der Waals surface area contributed by atoms with Gasteiger partial charge in [0.05, 0.1) is 0 Å². The zero-order valence-corrected chi connectivity index (χ0v) is 8.61. The Morgan fingerprint density at radius 3 is 2.83 bits per heavy atom. The van der Waals surface area contributed by atoms with E-state index in [-0.39, 0.29) is 0 Å². The highest BCUT2D eigenvalue weighted by atomic mass is 32.1. The number of hydrogen-bond acceptors (Lipinski definition) is 4. The van der Waals surface area contributed by atoms with Gasteiger partial charge in [-0.1, -0.05) is 6.92 Å². The second kappa shape index (κ2) is 4.52. The van der Waals surface area contributed by atoms with Crippen molar-refractivity contribution < 1.29 is 0 Å². The van der Waals surface area contributed by atoms with Crippen LogP contribution < -0.4 is 5.32 Å². The van der Waals surface area contributed by atoms with Crippen LogP contribution in [0.15, 0.2) is 0 Å². The van der Waals surface area contributed by atoms with E-state index in [1.165, 1.54) is 11.5 Å². The van der Waals surface area contributed by atoms with Crippen molar-refractivity contribution in [2.75, 3.05) is 6.54 Å². The molecule has 0 aromatic carbocycles. The lowest BCUT2D eigenvalue weighted by molar-refractivity contribution is 0.564. The highest BCUT2D eigenvalue weighted by Gasteiger charge is 2.05. The number of likely N-dealkylation sites (N-methyl/N-ethyl adjacent to an activating group) is 1. The molecule has 1 N–H and O–H groups in total. The molecule has 0 aliphatic heterocycles. The van der Waals surface area contributed by atoms with Crippen LogP contribution in [0.1, 0.15) is 24.7 Å². The third-order valence-electron chi connectivity index (χ3n) is 1.60. The fourth-order valence-corrected chi connectivity index (χ4v) is 1.88. The van der Waals surface area contributed by atoms with Gasteiger partial charge in [-0.2, -0.15) is 4.37 Å². The Bertz CT molecular complexity index is 234. The van der Waals surface area contributed by atoms with E-state index >= 15 is 0 Å². The van der Waals surface area contributed by atoms with Crippen molar-refractivity contribution >= 4 is 11.5 Å². The zero-order chi connectivity index (χ0) is 8.97. The molecule has 4 heteroatoms. The van der Waals surface area contributed by atoms with Crippen molar-refractivity contribution in [3.8, 4) is 0 Å². The monoisotopic (exact) mass is 185 g/mol. The molecule has 0 radical (unpaired) electrons. The smallest absolute Gasteiger partial charge is 0.139 e. The Balaban J connectivity index is 2.41. The molecule has 1 aromatic rings. The molecule has 0 aliphatic carbocycles. The standard InChI is InChI=1S/C8H15N3S/c1-4-9-6(2)5-8-10-7(3)11-12-8/h6,9H,4-5H2,1-3H3. The third-order valence-corrected chi connectivity index (χ3v) is 2.43. The lowest BCUT2D eigenvalue weighted by Gasteiger charge is -2.08. The van der Waals surface area contributed by atoms with Crippen molar-refractivity contribution in [3.63, 3.8) is 0 Å². The van der Waals surface area contributed by atoms with E-state index in [4.69, 9.17) is 0 Å². The van der Waals surface area contributed by atoms with Crippen LogP contribution in [0.5, 0.6) is 0 Å². The van der Waals surface area contributed by atoms with E-state index in [0.29, 0.717) is 6.04 Å². The first kappa shape index (κ1) is 9.61. The molecular weight excluding hydrogens is 170 g/mol. The number of nitrogens with one attached hydrogen (secondary N) is 1. The van der Waals surface area contributed by atoms with Gasteiger partial charge < -0.3 is 5.32 Å². The maximum Gasteiger partial charge on any atom is 0.139 e. The highest BCUT2D eigenvalue weighted by molar-refractivity contribution is 7.05. The number of hydrogen-bond donors (Lipinski definition) is 1. The summed E-state index contributed by atoms with van der Waals surface area (Å²) in [6.07, 6.45) is 0.985. The lowest BCUT2D eigenvalue weighted by Crippen LogP contribution is -2.27. The van der Waals surface area contributed by atoms with E-state index < -0.39 is 0 Å². The minimum atomic E-state index is 0.502. The molecule has 0 saturated heterocycles. The van der Waals surface area contributed by atoms with Crippen molar-refractivity contribution in [2.24, 2.45) is 0 Å². The molecule has 1 aromatic heterocycles. The van der Waals surface area contributed by atoms with Crippen LogP contribution in [-0.4, -0.2) is 21.9 Å². The zero-order valence-electron chi connectivity index (χ0n) is 7.79. The Hall–Kier alpha value is -0.480. The van der Waals surface area contributed by atoms with Gasteiger partial charge >= 0.3 is 0 Å². The SMILES string of the molecule is CCNC(C)Cc1nc(C)ns1. The Morgan fingerprint density at radius 1 is 1.58 bits per heavy atom. The van der Waals surface area contributed by atoms with Crippen LogP contribution in [0.3, 0.4) is 0 Å². The topological polar surface area (TPSA) is 37.8 Å². The minimum absolute atomic E-state index is 0.502. The molecule has 1 rings (SSSR count). The molecule has 0 spiro atoms. The van der Waals surface area contributed by atoms with Gasteiger partial charge in [-0.15, -0.1) is 0 Å². The second-order valence-electron chi connectivity index (χ2n) is 2.90. The van der Waals surface area contributed by atoms with Gasteiger partial charge in [0.15, 0.2) is 0 Å². The summed E-state index contributed by atoms with van der Waals surface area (Å²) < 4.78 is 4.13. The highest BCUT2D eigenvalue weighted by Crippen LogP contribution is 2.06. The summed E-state index contributed by atoms with van der Waals surface area (Å²) in [5, 5.41) is 4.47. The number of aromatic nitrogens is 2. The first-order valence-electron chi connectivity index (χ1n) is 4.25. The molecule has 3 nitrogen and oxygen atoms in total. The third kappa shape index (κ3) is 2.87. The van der Waals surface area contributed by atoms with Gasteiger partial charge in [-0.3, -0.25) is 0 Å². The summed E-state index contributed by atoms with van der Waals surface area (Å²) in [5.41, 5.74) is 0. The van der Waals surface area contributed by atoms with E-state index in [0.717, 1.165) is 23.8 Å². The van der Waals surface area contributed by atoms with Gasteiger partial charge in [0.1, 0.15) is 10.8 Å². The maximum atomic E-state index is 4.30. The molecular formula is C8H15N3S. The van der Waals surface area contributed by atoms with E-state index in [1.54, 1.807) is 0 Å². The Labute approximate surface area is 77.4 Å². The molecule has 0 saturated carbocycles. The first-order chi connectivity index (χ1) is 5.72. The molecule has 1 heterocycles. The Kier molecular flexibility index (Phi) is 3.62. The summed E-state index contributed by atoms with van der Waals surface area (Å²) in [5.74, 6) is 0.888. The van der Waals surface area contributed by atoms with Gasteiger partial charge in [-0.05, 0) is 31.9 Å². The molecule has 1 atom stereocenters. The fourth-order valence-electron chi connectivity index (χ4n) is 1.11. The average Bonchev–Trinajstić information content (AvgIpc) is 2.36. The summed E-state index contributed by atoms with van der Waals surface area (Å²) in [4.78, 5) is 4.30. The molecule has 0 bridgehead atoms. The van der Waals surface area contributed by atoms with Crippen molar-refractivity contribution in [2.45, 2.75) is 33.2 Å². The van der Waals surface area contributed by atoms with Crippen LogP contribution in [0.2, 0.25) is 0 Å². The van der Waals surface area contributed by atoms with Crippen LogP contribution >= 0.6 is 11.5 Å². The van der Waals surface area contributed by atoms with E-state index in [1.807, 2.05) is 6.92 Å². The molecule has 12 heavy (non-hydrogen) atoms. The molecule has 0 amide bonds. The van der Waals surface area contributed by atoms with Crippen LogP contribution in [0.4, 0.5) is 0 Å². The van der Waals surface area contributed by atoms with Gasteiger partial charge in [0.2, 0.25) is 0 Å². The molecule has 68 valence electrons. The molecule has 0 aliphatic rings. The lowest BCUT2D eigenvalue weighted by atomic mass is 10.2. The van der Waals surface area contributed by atoms with Crippen molar-refractivity contribution in [1.29, 1.82) is 0 Å². The van der Waals surface area contributed by atoms with Gasteiger partial charge in [-0.25, -0.2) is 4.98 Å². The summed E-state index contributed by atoms with van der Waals surface area (Å²) in [6.45, 7) is 7.22.